The van der Waals surface area contributed by atoms with E-state index in [0.717, 1.165) is 6.07 Å². The summed E-state index contributed by atoms with van der Waals surface area (Å²) in [7, 11) is 0. The number of nitrogens with two attached hydrogens (primary N) is 1. The Balaban J connectivity index is 2.23. The number of amides is 1. The van der Waals surface area contributed by atoms with Gasteiger partial charge in [0.25, 0.3) is 5.91 Å². The van der Waals surface area contributed by atoms with E-state index >= 15 is 0 Å². The Hall–Kier alpha value is -1.78. The Kier molecular flexibility index (Phi) is 3.93. The first-order valence-corrected chi connectivity index (χ1v) is 6.04. The van der Waals surface area contributed by atoms with E-state index < -0.39 is 11.7 Å². The molecule has 0 fully saturated rings. The van der Waals surface area contributed by atoms with E-state index in [-0.39, 0.29) is 22.0 Å². The summed E-state index contributed by atoms with van der Waals surface area (Å²) in [5.41, 5.74) is 6.03. The number of rotatable bonds is 2. The van der Waals surface area contributed by atoms with E-state index in [0.29, 0.717) is 5.02 Å². The molecule has 6 heteroatoms. The molecule has 3 nitrogen and oxygen atoms in total. The van der Waals surface area contributed by atoms with E-state index in [1.165, 1.54) is 30.3 Å². The van der Waals surface area contributed by atoms with Crippen molar-refractivity contribution in [2.45, 2.75) is 0 Å². The van der Waals surface area contributed by atoms with Crippen LogP contribution in [-0.2, 0) is 0 Å². The molecule has 0 radical (unpaired) electrons. The SMILES string of the molecule is Nc1ccc(NC(=O)c2ccc(Cl)c(Cl)c2)c(F)c1. The zero-order chi connectivity index (χ0) is 14.0. The molecule has 0 saturated heterocycles. The predicted octanol–water partition coefficient (Wildman–Crippen LogP) is 3.97. The van der Waals surface area contributed by atoms with Crippen molar-refractivity contribution in [1.29, 1.82) is 0 Å². The molecule has 3 N–H and O–H groups in total. The van der Waals surface area contributed by atoms with Gasteiger partial charge in [-0.15, -0.1) is 0 Å². The number of nitrogens with one attached hydrogen (secondary N) is 1. The van der Waals surface area contributed by atoms with Gasteiger partial charge in [0.05, 0.1) is 15.7 Å². The highest BCUT2D eigenvalue weighted by molar-refractivity contribution is 6.42. The van der Waals surface area contributed by atoms with Gasteiger partial charge in [0.15, 0.2) is 0 Å². The normalized spacial score (nSPS) is 10.3. The summed E-state index contributed by atoms with van der Waals surface area (Å²) >= 11 is 11.6. The minimum absolute atomic E-state index is 0.0465. The molecule has 0 heterocycles. The molecule has 0 unspecified atom stereocenters. The van der Waals surface area contributed by atoms with Crippen LogP contribution in [0, 0.1) is 5.82 Å². The summed E-state index contributed by atoms with van der Waals surface area (Å²) in [5, 5.41) is 3.03. The fourth-order valence-corrected chi connectivity index (χ4v) is 1.76. The third kappa shape index (κ3) is 3.16. The standard InChI is InChI=1S/C13H9Cl2FN2O/c14-9-3-1-7(5-10(9)15)13(19)18-12-4-2-8(17)6-11(12)16/h1-6H,17H2,(H,18,19). The van der Waals surface area contributed by atoms with Crippen molar-refractivity contribution in [3.63, 3.8) is 0 Å². The summed E-state index contributed by atoms with van der Waals surface area (Å²) in [6.45, 7) is 0. The highest BCUT2D eigenvalue weighted by Gasteiger charge is 2.11. The zero-order valence-corrected chi connectivity index (χ0v) is 11.1. The van der Waals surface area contributed by atoms with Crippen LogP contribution in [-0.4, -0.2) is 5.91 Å². The van der Waals surface area contributed by atoms with Gasteiger partial charge in [-0.05, 0) is 36.4 Å². The highest BCUT2D eigenvalue weighted by Crippen LogP contribution is 2.23. The molecule has 2 aromatic rings. The number of halogens is 3. The molecule has 1 amide bonds. The van der Waals surface area contributed by atoms with Crippen LogP contribution in [0.3, 0.4) is 0 Å². The molecule has 0 aliphatic heterocycles. The van der Waals surface area contributed by atoms with Crippen LogP contribution >= 0.6 is 23.2 Å². The van der Waals surface area contributed by atoms with Gasteiger partial charge in [-0.3, -0.25) is 4.79 Å². The van der Waals surface area contributed by atoms with Gasteiger partial charge in [0.2, 0.25) is 0 Å². The third-order valence-electron chi connectivity index (χ3n) is 2.42. The second kappa shape index (κ2) is 5.47. The van der Waals surface area contributed by atoms with Crippen molar-refractivity contribution in [3.05, 3.63) is 57.8 Å². The van der Waals surface area contributed by atoms with Crippen LogP contribution < -0.4 is 11.1 Å². The molecule has 2 rings (SSSR count). The average Bonchev–Trinajstić information content (AvgIpc) is 2.36. The third-order valence-corrected chi connectivity index (χ3v) is 3.16. The number of carbonyl (C=O) groups excluding carboxylic acids is 1. The van der Waals surface area contributed by atoms with Gasteiger partial charge in [-0.25, -0.2) is 4.39 Å². The fourth-order valence-electron chi connectivity index (χ4n) is 1.46. The Labute approximate surface area is 119 Å². The maximum atomic E-state index is 13.5. The van der Waals surface area contributed by atoms with E-state index in [4.69, 9.17) is 28.9 Å². The quantitative estimate of drug-likeness (QED) is 0.824. The van der Waals surface area contributed by atoms with Crippen molar-refractivity contribution in [2.75, 3.05) is 11.1 Å². The molecule has 0 saturated carbocycles. The maximum Gasteiger partial charge on any atom is 0.255 e. The number of benzene rings is 2. The van der Waals surface area contributed by atoms with Crippen LogP contribution in [0.15, 0.2) is 36.4 Å². The molecule has 0 aromatic heterocycles. The van der Waals surface area contributed by atoms with Gasteiger partial charge < -0.3 is 11.1 Å². The number of hydrogen-bond acceptors (Lipinski definition) is 2. The van der Waals surface area contributed by atoms with Crippen LogP contribution in [0.25, 0.3) is 0 Å². The molecule has 19 heavy (non-hydrogen) atoms. The molecule has 0 spiro atoms. The molecule has 2 aromatic carbocycles. The zero-order valence-electron chi connectivity index (χ0n) is 9.58. The molecule has 0 atom stereocenters. The summed E-state index contributed by atoms with van der Waals surface area (Å²) in [6.07, 6.45) is 0. The topological polar surface area (TPSA) is 55.1 Å². The lowest BCUT2D eigenvalue weighted by Gasteiger charge is -2.07. The van der Waals surface area contributed by atoms with Crippen molar-refractivity contribution >= 4 is 40.5 Å². The first kappa shape index (κ1) is 13.6. The summed E-state index contributed by atoms with van der Waals surface area (Å²) in [5.74, 6) is -1.09. The van der Waals surface area contributed by atoms with Crippen molar-refractivity contribution in [3.8, 4) is 0 Å². The minimum Gasteiger partial charge on any atom is -0.399 e. The van der Waals surface area contributed by atoms with Crippen LogP contribution in [0.2, 0.25) is 10.0 Å². The second-order valence-corrected chi connectivity index (χ2v) is 4.64. The number of anilines is 2. The van der Waals surface area contributed by atoms with Crippen molar-refractivity contribution in [1.82, 2.24) is 0 Å². The first-order chi connectivity index (χ1) is 8.97. The molecule has 0 aliphatic carbocycles. The van der Waals surface area contributed by atoms with Crippen molar-refractivity contribution in [2.24, 2.45) is 0 Å². The smallest absolute Gasteiger partial charge is 0.255 e. The average molecular weight is 299 g/mol. The monoisotopic (exact) mass is 298 g/mol. The Morgan fingerprint density at radius 1 is 1.11 bits per heavy atom. The molecule has 0 aliphatic rings. The summed E-state index contributed by atoms with van der Waals surface area (Å²) < 4.78 is 13.5. The van der Waals surface area contributed by atoms with Crippen molar-refractivity contribution < 1.29 is 9.18 Å². The predicted molar refractivity (Wildman–Crippen MR) is 75.2 cm³/mol. The fraction of sp³-hybridized carbons (Fsp3) is 0. The maximum absolute atomic E-state index is 13.5. The number of nitrogen functional groups attached to an aromatic ring is 1. The van der Waals surface area contributed by atoms with Crippen LogP contribution in [0.1, 0.15) is 10.4 Å². The Morgan fingerprint density at radius 2 is 1.84 bits per heavy atom. The molecular formula is C13H9Cl2FN2O. The highest BCUT2D eigenvalue weighted by atomic mass is 35.5. The van der Waals surface area contributed by atoms with Crippen LogP contribution in [0.4, 0.5) is 15.8 Å². The lowest BCUT2D eigenvalue weighted by molar-refractivity contribution is 0.102. The Bertz CT molecular complexity index is 647. The van der Waals surface area contributed by atoms with Gasteiger partial charge in [-0.1, -0.05) is 23.2 Å². The molecule has 98 valence electrons. The number of hydrogen-bond donors (Lipinski definition) is 2. The molecule has 0 bridgehead atoms. The molecular weight excluding hydrogens is 290 g/mol. The largest absolute Gasteiger partial charge is 0.399 e. The lowest BCUT2D eigenvalue weighted by Crippen LogP contribution is -2.13. The first-order valence-electron chi connectivity index (χ1n) is 5.29. The van der Waals surface area contributed by atoms with Gasteiger partial charge in [-0.2, -0.15) is 0 Å². The summed E-state index contributed by atoms with van der Waals surface area (Å²) in [6, 6.07) is 8.42. The number of carbonyl (C=O) groups is 1. The minimum atomic E-state index is -0.603. The lowest BCUT2D eigenvalue weighted by atomic mass is 10.2. The van der Waals surface area contributed by atoms with E-state index in [9.17, 15) is 9.18 Å². The Morgan fingerprint density at radius 3 is 2.47 bits per heavy atom. The van der Waals surface area contributed by atoms with Crippen LogP contribution in [0.5, 0.6) is 0 Å². The second-order valence-electron chi connectivity index (χ2n) is 3.82. The van der Waals surface area contributed by atoms with E-state index in [2.05, 4.69) is 5.32 Å². The van der Waals surface area contributed by atoms with Gasteiger partial charge in [0, 0.05) is 11.3 Å². The summed E-state index contributed by atoms with van der Waals surface area (Å²) in [4.78, 5) is 11.9. The van der Waals surface area contributed by atoms with E-state index in [1.807, 2.05) is 0 Å². The van der Waals surface area contributed by atoms with Gasteiger partial charge in [0.1, 0.15) is 5.82 Å². The van der Waals surface area contributed by atoms with E-state index in [1.54, 1.807) is 0 Å². The van der Waals surface area contributed by atoms with Gasteiger partial charge >= 0.3 is 0 Å².